The Hall–Kier alpha value is -2.39. The summed E-state index contributed by atoms with van der Waals surface area (Å²) in [5, 5.41) is 8.04. The van der Waals surface area contributed by atoms with Crippen LogP contribution in [-0.4, -0.2) is 9.55 Å². The van der Waals surface area contributed by atoms with E-state index in [0.29, 0.717) is 15.7 Å². The number of H-pyrrole nitrogens is 1. The van der Waals surface area contributed by atoms with Crippen LogP contribution in [-0.2, 0) is 6.54 Å². The number of hydrogen-bond acceptors (Lipinski definition) is 3. The molecule has 0 aliphatic carbocycles. The highest BCUT2D eigenvalue weighted by Gasteiger charge is 2.12. The third-order valence-electron chi connectivity index (χ3n) is 2.51. The minimum Gasteiger partial charge on any atom is -0.295 e. The van der Waals surface area contributed by atoms with Crippen LogP contribution < -0.4 is 11.2 Å². The number of aromatic amines is 1. The monoisotopic (exact) mass is 279 g/mol. The van der Waals surface area contributed by atoms with Gasteiger partial charge in [-0.2, -0.15) is 9.65 Å². The molecule has 19 heavy (non-hydrogen) atoms. The Morgan fingerprint density at radius 2 is 1.95 bits per heavy atom. The molecule has 0 fully saturated rings. The normalized spacial score (nSPS) is 10.2. The lowest BCUT2D eigenvalue weighted by Crippen LogP contribution is -2.37. The lowest BCUT2D eigenvalue weighted by atomic mass is 10.1. The molecule has 0 bridgehead atoms. The number of rotatable bonds is 2. The molecule has 1 aromatic carbocycles. The van der Waals surface area contributed by atoms with Gasteiger partial charge in [0.1, 0.15) is 0 Å². The van der Waals surface area contributed by atoms with E-state index in [2.05, 4.69) is 0 Å². The molecule has 7 heteroatoms. The van der Waals surface area contributed by atoms with Crippen LogP contribution in [0.15, 0.2) is 33.9 Å². The van der Waals surface area contributed by atoms with Crippen molar-refractivity contribution in [2.24, 2.45) is 0 Å². The van der Waals surface area contributed by atoms with Crippen molar-refractivity contribution in [3.8, 4) is 6.07 Å². The molecule has 1 N–H and O–H groups in total. The number of benzene rings is 1. The van der Waals surface area contributed by atoms with E-state index in [1.165, 1.54) is 0 Å². The smallest absolute Gasteiger partial charge is 0.295 e. The zero-order valence-electron chi connectivity index (χ0n) is 9.48. The molecule has 0 amide bonds. The number of nitrogens with one attached hydrogen (secondary N) is 1. The molecule has 0 saturated carbocycles. The SMILES string of the molecule is N#Cc1ccc(Cn2c(=O)[nH]c(Cl)c(F)c2=O)cc1. The summed E-state index contributed by atoms with van der Waals surface area (Å²) in [5.74, 6) is -1.20. The molecule has 5 nitrogen and oxygen atoms in total. The summed E-state index contributed by atoms with van der Waals surface area (Å²) in [4.78, 5) is 25.1. The van der Waals surface area contributed by atoms with E-state index in [4.69, 9.17) is 16.9 Å². The van der Waals surface area contributed by atoms with Crippen LogP contribution in [0.1, 0.15) is 11.1 Å². The van der Waals surface area contributed by atoms with Gasteiger partial charge in [-0.15, -0.1) is 0 Å². The first kappa shape index (κ1) is 13.1. The minimum absolute atomic E-state index is 0.103. The summed E-state index contributed by atoms with van der Waals surface area (Å²) in [6, 6.07) is 8.19. The number of hydrogen-bond donors (Lipinski definition) is 1. The fourth-order valence-corrected chi connectivity index (χ4v) is 1.69. The van der Waals surface area contributed by atoms with Gasteiger partial charge in [0.2, 0.25) is 5.82 Å². The molecular formula is C12H7ClFN3O2. The summed E-state index contributed by atoms with van der Waals surface area (Å²) in [7, 11) is 0. The maximum Gasteiger partial charge on any atom is 0.329 e. The van der Waals surface area contributed by atoms with E-state index in [-0.39, 0.29) is 6.54 Å². The Morgan fingerprint density at radius 1 is 1.32 bits per heavy atom. The molecule has 0 unspecified atom stereocenters. The third kappa shape index (κ3) is 2.56. The van der Waals surface area contributed by atoms with Gasteiger partial charge in [0.25, 0.3) is 5.56 Å². The Kier molecular flexibility index (Phi) is 3.49. The van der Waals surface area contributed by atoms with Crippen LogP contribution >= 0.6 is 11.6 Å². The van der Waals surface area contributed by atoms with E-state index >= 15 is 0 Å². The Labute approximate surface area is 111 Å². The number of halogens is 2. The van der Waals surface area contributed by atoms with E-state index in [1.54, 1.807) is 24.3 Å². The maximum atomic E-state index is 13.3. The maximum absolute atomic E-state index is 13.3. The molecule has 0 saturated heterocycles. The van der Waals surface area contributed by atoms with E-state index in [0.717, 1.165) is 0 Å². The second-order valence-corrected chi connectivity index (χ2v) is 4.14. The highest BCUT2D eigenvalue weighted by atomic mass is 35.5. The van der Waals surface area contributed by atoms with Gasteiger partial charge in [0.15, 0.2) is 5.15 Å². The summed E-state index contributed by atoms with van der Waals surface area (Å²) in [5.41, 5.74) is -0.834. The van der Waals surface area contributed by atoms with Crippen molar-refractivity contribution in [3.05, 3.63) is 67.2 Å². The molecule has 2 aromatic rings. The number of aromatic nitrogens is 2. The first-order valence-corrected chi connectivity index (χ1v) is 5.58. The second-order valence-electron chi connectivity index (χ2n) is 3.76. The van der Waals surface area contributed by atoms with Crippen LogP contribution in [0.3, 0.4) is 0 Å². The van der Waals surface area contributed by atoms with Crippen molar-refractivity contribution in [2.75, 3.05) is 0 Å². The van der Waals surface area contributed by atoms with Gasteiger partial charge < -0.3 is 0 Å². The lowest BCUT2D eigenvalue weighted by Gasteiger charge is -2.05. The fourth-order valence-electron chi connectivity index (χ4n) is 1.53. The largest absolute Gasteiger partial charge is 0.329 e. The van der Waals surface area contributed by atoms with E-state index < -0.39 is 22.2 Å². The Balaban J connectivity index is 2.44. The summed E-state index contributed by atoms with van der Waals surface area (Å²) in [6.45, 7) is -0.103. The number of nitriles is 1. The van der Waals surface area contributed by atoms with Crippen molar-refractivity contribution in [2.45, 2.75) is 6.54 Å². The highest BCUT2D eigenvalue weighted by Crippen LogP contribution is 2.05. The third-order valence-corrected chi connectivity index (χ3v) is 2.77. The zero-order valence-corrected chi connectivity index (χ0v) is 10.2. The second kappa shape index (κ2) is 5.08. The summed E-state index contributed by atoms with van der Waals surface area (Å²) >= 11 is 5.35. The molecule has 0 aliphatic rings. The molecular weight excluding hydrogens is 273 g/mol. The Morgan fingerprint density at radius 3 is 2.53 bits per heavy atom. The van der Waals surface area contributed by atoms with Crippen molar-refractivity contribution < 1.29 is 4.39 Å². The molecule has 1 heterocycles. The fraction of sp³-hybridized carbons (Fsp3) is 0.0833. The molecule has 0 aliphatic heterocycles. The van der Waals surface area contributed by atoms with Crippen LogP contribution in [0.5, 0.6) is 0 Å². The van der Waals surface area contributed by atoms with Gasteiger partial charge in [0.05, 0.1) is 18.2 Å². The molecule has 2 rings (SSSR count). The van der Waals surface area contributed by atoms with Gasteiger partial charge in [-0.05, 0) is 17.7 Å². The highest BCUT2D eigenvalue weighted by molar-refractivity contribution is 6.29. The average Bonchev–Trinajstić information content (AvgIpc) is 2.42. The predicted molar refractivity (Wildman–Crippen MR) is 66.5 cm³/mol. The van der Waals surface area contributed by atoms with Gasteiger partial charge in [-0.3, -0.25) is 14.3 Å². The average molecular weight is 280 g/mol. The van der Waals surface area contributed by atoms with E-state index in [1.807, 2.05) is 11.1 Å². The van der Waals surface area contributed by atoms with Crippen LogP contribution in [0.25, 0.3) is 0 Å². The molecule has 96 valence electrons. The van der Waals surface area contributed by atoms with Gasteiger partial charge in [0, 0.05) is 0 Å². The quantitative estimate of drug-likeness (QED) is 0.840. The van der Waals surface area contributed by atoms with Gasteiger partial charge >= 0.3 is 5.69 Å². The molecule has 0 atom stereocenters. The van der Waals surface area contributed by atoms with Crippen molar-refractivity contribution >= 4 is 11.6 Å². The van der Waals surface area contributed by atoms with E-state index in [9.17, 15) is 14.0 Å². The van der Waals surface area contributed by atoms with Crippen molar-refractivity contribution in [1.82, 2.24) is 9.55 Å². The summed E-state index contributed by atoms with van der Waals surface area (Å²) < 4.78 is 14.0. The summed E-state index contributed by atoms with van der Waals surface area (Å²) in [6.07, 6.45) is 0. The molecule has 0 spiro atoms. The van der Waals surface area contributed by atoms with Crippen molar-refractivity contribution in [1.29, 1.82) is 5.26 Å². The minimum atomic E-state index is -1.20. The predicted octanol–water partition coefficient (Wildman–Crippen LogP) is 1.25. The van der Waals surface area contributed by atoms with Gasteiger partial charge in [-0.1, -0.05) is 23.7 Å². The molecule has 0 radical (unpaired) electrons. The topological polar surface area (TPSA) is 78.7 Å². The van der Waals surface area contributed by atoms with Crippen LogP contribution in [0.4, 0.5) is 4.39 Å². The first-order chi connectivity index (χ1) is 9.02. The van der Waals surface area contributed by atoms with Gasteiger partial charge in [-0.25, -0.2) is 4.79 Å². The zero-order chi connectivity index (χ0) is 14.0. The molecule has 1 aromatic heterocycles. The standard InChI is InChI=1S/C12H7ClFN3O2/c13-10-9(14)11(18)17(12(19)16-10)6-8-3-1-7(5-15)2-4-8/h1-4H,6H2,(H,16,19). The van der Waals surface area contributed by atoms with Crippen LogP contribution in [0, 0.1) is 17.1 Å². The Bertz CT molecular complexity index is 772. The first-order valence-electron chi connectivity index (χ1n) is 5.20. The number of nitrogens with zero attached hydrogens (tertiary/aromatic N) is 2. The van der Waals surface area contributed by atoms with Crippen molar-refractivity contribution in [3.63, 3.8) is 0 Å². The van der Waals surface area contributed by atoms with Crippen LogP contribution in [0.2, 0.25) is 5.15 Å². The lowest BCUT2D eigenvalue weighted by molar-refractivity contribution is 0.558.